The Morgan fingerprint density at radius 3 is 2.83 bits per heavy atom. The summed E-state index contributed by atoms with van der Waals surface area (Å²) in [4.78, 5) is 64.6. The number of amides is 4. The topological polar surface area (TPSA) is 153 Å². The summed E-state index contributed by atoms with van der Waals surface area (Å²) in [6, 6.07) is 4.39. The third-order valence-corrected chi connectivity index (χ3v) is 6.57. The molecule has 2 unspecified atom stereocenters. The lowest BCUT2D eigenvalue weighted by molar-refractivity contribution is -0.147. The largest absolute Gasteiger partial charge is 0.469 e. The van der Waals surface area contributed by atoms with Crippen molar-refractivity contribution in [1.29, 1.82) is 0 Å². The van der Waals surface area contributed by atoms with Crippen LogP contribution < -0.4 is 5.32 Å². The first kappa shape index (κ1) is 23.6. The van der Waals surface area contributed by atoms with Gasteiger partial charge in [-0.3, -0.25) is 29.3 Å². The Morgan fingerprint density at radius 1 is 1.22 bits per heavy atom. The van der Waals surface area contributed by atoms with Crippen molar-refractivity contribution in [2.75, 3.05) is 33.4 Å². The Balaban J connectivity index is 1.32. The molecule has 2 atom stereocenters. The maximum Gasteiger partial charge on any atom is 0.312 e. The van der Waals surface area contributed by atoms with Crippen molar-refractivity contribution in [3.63, 3.8) is 0 Å². The van der Waals surface area contributed by atoms with E-state index in [4.69, 9.17) is 9.47 Å². The SMILES string of the molecule is COC(=O)C1COCCN(C(=O)c2cn(-c3ccc4c(c3)CN(C3CCC(=O)NC3=O)C4=O)nn2)C1. The van der Waals surface area contributed by atoms with E-state index in [1.165, 1.54) is 27.8 Å². The summed E-state index contributed by atoms with van der Waals surface area (Å²) in [5.41, 5.74) is 1.86. The maximum atomic E-state index is 13.0. The maximum absolute atomic E-state index is 13.0. The fourth-order valence-corrected chi connectivity index (χ4v) is 4.66. The number of hydrogen-bond donors (Lipinski definition) is 1. The lowest BCUT2D eigenvalue weighted by atomic mass is 10.0. The highest BCUT2D eigenvalue weighted by atomic mass is 16.5. The van der Waals surface area contributed by atoms with Crippen molar-refractivity contribution in [2.45, 2.75) is 25.4 Å². The van der Waals surface area contributed by atoms with Gasteiger partial charge in [0.05, 0.1) is 38.1 Å². The van der Waals surface area contributed by atoms with Crippen molar-refractivity contribution >= 4 is 29.6 Å². The van der Waals surface area contributed by atoms with E-state index < -0.39 is 23.8 Å². The van der Waals surface area contributed by atoms with E-state index in [0.717, 1.165) is 0 Å². The molecule has 2 saturated heterocycles. The number of aromatic nitrogens is 3. The molecule has 0 bridgehead atoms. The van der Waals surface area contributed by atoms with Crippen molar-refractivity contribution in [2.24, 2.45) is 5.92 Å². The molecule has 13 nitrogen and oxygen atoms in total. The molecule has 1 N–H and O–H groups in total. The summed E-state index contributed by atoms with van der Waals surface area (Å²) in [5.74, 6) is -2.51. The van der Waals surface area contributed by atoms with E-state index in [2.05, 4.69) is 15.6 Å². The number of carbonyl (C=O) groups is 5. The summed E-state index contributed by atoms with van der Waals surface area (Å²) >= 11 is 0. The Morgan fingerprint density at radius 2 is 2.06 bits per heavy atom. The van der Waals surface area contributed by atoms with Gasteiger partial charge in [-0.2, -0.15) is 0 Å². The number of rotatable bonds is 4. The molecule has 3 aliphatic rings. The van der Waals surface area contributed by atoms with Crippen LogP contribution in [0.2, 0.25) is 0 Å². The number of nitrogens with one attached hydrogen (secondary N) is 1. The second-order valence-electron chi connectivity index (χ2n) is 8.84. The number of imide groups is 1. The van der Waals surface area contributed by atoms with Crippen molar-refractivity contribution < 1.29 is 33.4 Å². The zero-order valence-corrected chi connectivity index (χ0v) is 19.5. The minimum absolute atomic E-state index is 0.0993. The molecule has 0 aliphatic carbocycles. The second kappa shape index (κ2) is 9.49. The number of hydrogen-bond acceptors (Lipinski definition) is 9. The van der Waals surface area contributed by atoms with Crippen LogP contribution in [-0.2, 0) is 30.4 Å². The van der Waals surface area contributed by atoms with Gasteiger partial charge < -0.3 is 19.3 Å². The molecule has 13 heteroatoms. The number of piperidine rings is 1. The predicted molar refractivity (Wildman–Crippen MR) is 120 cm³/mol. The molecule has 3 aliphatic heterocycles. The van der Waals surface area contributed by atoms with Crippen molar-refractivity contribution in [3.8, 4) is 5.69 Å². The highest BCUT2D eigenvalue weighted by Gasteiger charge is 2.39. The molecule has 4 amide bonds. The van der Waals surface area contributed by atoms with E-state index in [-0.39, 0.29) is 62.6 Å². The molecule has 2 aromatic rings. The zero-order valence-electron chi connectivity index (χ0n) is 19.5. The Bertz CT molecular complexity index is 1260. The van der Waals surface area contributed by atoms with E-state index in [1.807, 2.05) is 0 Å². The Hall–Kier alpha value is -4.13. The molecular formula is C23H24N6O7. The average Bonchev–Trinajstić information content (AvgIpc) is 3.40. The van der Waals surface area contributed by atoms with Gasteiger partial charge in [-0.05, 0) is 30.2 Å². The molecule has 1 aromatic carbocycles. The molecule has 0 radical (unpaired) electrons. The molecule has 2 fully saturated rings. The van der Waals surface area contributed by atoms with Crippen LogP contribution in [0.5, 0.6) is 0 Å². The lowest BCUT2D eigenvalue weighted by Crippen LogP contribution is -2.52. The quantitative estimate of drug-likeness (QED) is 0.427. The van der Waals surface area contributed by atoms with E-state index in [1.54, 1.807) is 18.2 Å². The fraction of sp³-hybridized carbons (Fsp3) is 0.435. The third-order valence-electron chi connectivity index (χ3n) is 6.57. The molecule has 36 heavy (non-hydrogen) atoms. The molecular weight excluding hydrogens is 472 g/mol. The van der Waals surface area contributed by atoms with Crippen LogP contribution in [0.1, 0.15) is 39.3 Å². The number of fused-ring (bicyclic) bond motifs is 1. The highest BCUT2D eigenvalue weighted by molar-refractivity contribution is 6.05. The molecule has 4 heterocycles. The van der Waals surface area contributed by atoms with E-state index >= 15 is 0 Å². The summed E-state index contributed by atoms with van der Waals surface area (Å²) in [7, 11) is 1.29. The Kier molecular flexibility index (Phi) is 6.22. The first-order chi connectivity index (χ1) is 17.4. The van der Waals surface area contributed by atoms with Crippen LogP contribution in [0.3, 0.4) is 0 Å². The van der Waals surface area contributed by atoms with Gasteiger partial charge in [0.2, 0.25) is 11.8 Å². The van der Waals surface area contributed by atoms with Gasteiger partial charge in [0, 0.05) is 31.6 Å². The normalized spacial score (nSPS) is 22.2. The summed E-state index contributed by atoms with van der Waals surface area (Å²) in [6.45, 7) is 1.13. The van der Waals surface area contributed by atoms with Gasteiger partial charge in [-0.15, -0.1) is 5.10 Å². The number of methoxy groups -OCH3 is 1. The van der Waals surface area contributed by atoms with Crippen LogP contribution in [0.15, 0.2) is 24.4 Å². The van der Waals surface area contributed by atoms with E-state index in [9.17, 15) is 24.0 Å². The van der Waals surface area contributed by atoms with Crippen molar-refractivity contribution in [3.05, 3.63) is 41.2 Å². The van der Waals surface area contributed by atoms with Crippen LogP contribution >= 0.6 is 0 Å². The standard InChI is InChI=1S/C23H24N6O7/c1-35-23(34)14-9-27(6-7-36-12-14)22(33)17-11-29(26-25-17)15-2-3-16-13(8-15)10-28(21(16)32)18-4-5-19(30)24-20(18)31/h2-3,8,11,14,18H,4-7,9-10,12H2,1H3,(H,24,30,31). The van der Waals surface area contributed by atoms with Crippen LogP contribution in [-0.4, -0.2) is 93.8 Å². The molecule has 0 spiro atoms. The molecule has 1 aromatic heterocycles. The zero-order chi connectivity index (χ0) is 25.4. The van der Waals surface area contributed by atoms with Gasteiger partial charge in [0.1, 0.15) is 6.04 Å². The number of nitrogens with zero attached hydrogens (tertiary/aromatic N) is 5. The summed E-state index contributed by atoms with van der Waals surface area (Å²) < 4.78 is 11.6. The second-order valence-corrected chi connectivity index (χ2v) is 8.84. The van der Waals surface area contributed by atoms with Crippen molar-refractivity contribution in [1.82, 2.24) is 30.1 Å². The third kappa shape index (κ3) is 4.33. The smallest absolute Gasteiger partial charge is 0.312 e. The van der Waals surface area contributed by atoms with Gasteiger partial charge in [0.25, 0.3) is 11.8 Å². The van der Waals surface area contributed by atoms with Crippen LogP contribution in [0, 0.1) is 5.92 Å². The first-order valence-electron chi connectivity index (χ1n) is 11.5. The highest BCUT2D eigenvalue weighted by Crippen LogP contribution is 2.29. The first-order valence-corrected chi connectivity index (χ1v) is 11.5. The predicted octanol–water partition coefficient (Wildman–Crippen LogP) is -0.710. The number of carbonyl (C=O) groups excluding carboxylic acids is 5. The number of benzene rings is 1. The average molecular weight is 496 g/mol. The van der Waals surface area contributed by atoms with Gasteiger partial charge >= 0.3 is 5.97 Å². The lowest BCUT2D eigenvalue weighted by Gasteiger charge is -2.29. The van der Waals surface area contributed by atoms with Gasteiger partial charge in [-0.1, -0.05) is 5.21 Å². The van der Waals surface area contributed by atoms with E-state index in [0.29, 0.717) is 23.4 Å². The molecule has 0 saturated carbocycles. The van der Waals surface area contributed by atoms with Gasteiger partial charge in [0.15, 0.2) is 5.69 Å². The minimum atomic E-state index is -0.701. The molecule has 5 rings (SSSR count). The minimum Gasteiger partial charge on any atom is -0.469 e. The number of esters is 1. The fourth-order valence-electron chi connectivity index (χ4n) is 4.66. The monoisotopic (exact) mass is 496 g/mol. The van der Waals surface area contributed by atoms with Crippen LogP contribution in [0.4, 0.5) is 0 Å². The Labute approximate surface area is 205 Å². The molecule has 188 valence electrons. The summed E-state index contributed by atoms with van der Waals surface area (Å²) in [6.07, 6.45) is 1.95. The number of ether oxygens (including phenoxy) is 2. The van der Waals surface area contributed by atoms with Crippen LogP contribution in [0.25, 0.3) is 5.69 Å². The van der Waals surface area contributed by atoms with Gasteiger partial charge in [-0.25, -0.2) is 4.68 Å². The summed E-state index contributed by atoms with van der Waals surface area (Å²) in [5, 5.41) is 10.4.